The molecular weight excluding hydrogens is 250 g/mol. The minimum absolute atomic E-state index is 0.131. The van der Waals surface area contributed by atoms with Gasteiger partial charge < -0.3 is 24.6 Å². The van der Waals surface area contributed by atoms with Crippen molar-refractivity contribution in [3.8, 4) is 11.5 Å². The Labute approximate surface area is 111 Å². The number of carbonyl (C=O) groups excluding carboxylic acids is 1. The molecule has 1 heterocycles. The van der Waals surface area contributed by atoms with Crippen molar-refractivity contribution in [1.82, 2.24) is 4.90 Å². The molecule has 2 rings (SSSR count). The number of aliphatic hydroxyl groups is 1. The Morgan fingerprint density at radius 2 is 2.37 bits per heavy atom. The van der Waals surface area contributed by atoms with Gasteiger partial charge in [-0.25, -0.2) is 0 Å². The molecule has 0 aromatic heterocycles. The minimum atomic E-state index is -0.370. The van der Waals surface area contributed by atoms with E-state index in [4.69, 9.17) is 14.6 Å². The van der Waals surface area contributed by atoms with E-state index in [1.807, 2.05) is 0 Å². The summed E-state index contributed by atoms with van der Waals surface area (Å²) in [5, 5.41) is 19.0. The van der Waals surface area contributed by atoms with Crippen LogP contribution in [0.5, 0.6) is 11.5 Å². The van der Waals surface area contributed by atoms with Crippen LogP contribution in [-0.4, -0.2) is 60.5 Å². The summed E-state index contributed by atoms with van der Waals surface area (Å²) in [6, 6.07) is 4.78. The number of phenolic OH excluding ortho intramolecular Hbond substituents is 1. The van der Waals surface area contributed by atoms with Crippen LogP contribution in [0.4, 0.5) is 0 Å². The molecule has 1 aliphatic heterocycles. The standard InChI is InChI=1S/C13H17NO5/c1-18-11-4-2-3-10(12(11)16)13(17)14-5-6-19-9(7-14)8-15/h2-4,9,15-16H,5-8H2,1H3. The summed E-state index contributed by atoms with van der Waals surface area (Å²) in [5.41, 5.74) is 0.193. The van der Waals surface area contributed by atoms with Gasteiger partial charge in [-0.15, -0.1) is 0 Å². The second-order valence-corrected chi connectivity index (χ2v) is 4.28. The number of morpholine rings is 1. The smallest absolute Gasteiger partial charge is 0.257 e. The van der Waals surface area contributed by atoms with Crippen molar-refractivity contribution >= 4 is 5.91 Å². The van der Waals surface area contributed by atoms with Gasteiger partial charge in [0.1, 0.15) is 0 Å². The first-order valence-electron chi connectivity index (χ1n) is 6.05. The number of ether oxygens (including phenoxy) is 2. The topological polar surface area (TPSA) is 79.2 Å². The van der Waals surface area contributed by atoms with E-state index in [-0.39, 0.29) is 35.7 Å². The van der Waals surface area contributed by atoms with Gasteiger partial charge in [-0.3, -0.25) is 4.79 Å². The number of phenols is 1. The molecule has 2 N–H and O–H groups in total. The van der Waals surface area contributed by atoms with Crippen LogP contribution in [0.25, 0.3) is 0 Å². The summed E-state index contributed by atoms with van der Waals surface area (Å²) in [4.78, 5) is 13.9. The zero-order chi connectivity index (χ0) is 13.8. The highest BCUT2D eigenvalue weighted by molar-refractivity contribution is 5.97. The predicted molar refractivity (Wildman–Crippen MR) is 67.4 cm³/mol. The molecule has 1 aromatic rings. The number of nitrogens with zero attached hydrogens (tertiary/aromatic N) is 1. The average Bonchev–Trinajstić information content (AvgIpc) is 2.47. The molecule has 1 atom stereocenters. The predicted octanol–water partition coefficient (Wildman–Crippen LogP) is 0.234. The maximum atomic E-state index is 12.3. The van der Waals surface area contributed by atoms with Crippen LogP contribution in [0.3, 0.4) is 0 Å². The minimum Gasteiger partial charge on any atom is -0.504 e. The maximum absolute atomic E-state index is 12.3. The van der Waals surface area contributed by atoms with E-state index in [2.05, 4.69) is 0 Å². The zero-order valence-corrected chi connectivity index (χ0v) is 10.7. The second-order valence-electron chi connectivity index (χ2n) is 4.28. The van der Waals surface area contributed by atoms with Gasteiger partial charge in [0.2, 0.25) is 0 Å². The summed E-state index contributed by atoms with van der Waals surface area (Å²) in [5.74, 6) is -0.196. The number of rotatable bonds is 3. The van der Waals surface area contributed by atoms with Crippen LogP contribution in [-0.2, 0) is 4.74 Å². The number of para-hydroxylation sites is 1. The average molecular weight is 267 g/mol. The summed E-state index contributed by atoms with van der Waals surface area (Å²) in [6.45, 7) is 0.994. The van der Waals surface area contributed by atoms with Crippen LogP contribution in [0, 0.1) is 0 Å². The number of hydrogen-bond acceptors (Lipinski definition) is 5. The van der Waals surface area contributed by atoms with Crippen LogP contribution in [0.15, 0.2) is 18.2 Å². The fourth-order valence-corrected chi connectivity index (χ4v) is 2.04. The Kier molecular flexibility index (Phi) is 4.24. The lowest BCUT2D eigenvalue weighted by atomic mass is 10.1. The van der Waals surface area contributed by atoms with Crippen LogP contribution >= 0.6 is 0 Å². The molecule has 0 radical (unpaired) electrons. The number of amides is 1. The van der Waals surface area contributed by atoms with E-state index >= 15 is 0 Å². The highest BCUT2D eigenvalue weighted by Gasteiger charge is 2.26. The Bertz CT molecular complexity index is 462. The zero-order valence-electron chi connectivity index (χ0n) is 10.7. The lowest BCUT2D eigenvalue weighted by Crippen LogP contribution is -2.46. The molecule has 1 unspecified atom stereocenters. The van der Waals surface area contributed by atoms with E-state index in [1.165, 1.54) is 7.11 Å². The Morgan fingerprint density at radius 1 is 1.58 bits per heavy atom. The van der Waals surface area contributed by atoms with Crippen molar-refractivity contribution in [3.63, 3.8) is 0 Å². The van der Waals surface area contributed by atoms with Gasteiger partial charge in [-0.2, -0.15) is 0 Å². The fraction of sp³-hybridized carbons (Fsp3) is 0.462. The molecule has 1 amide bonds. The molecule has 1 saturated heterocycles. The molecule has 6 nitrogen and oxygen atoms in total. The molecule has 19 heavy (non-hydrogen) atoms. The molecule has 0 spiro atoms. The summed E-state index contributed by atoms with van der Waals surface area (Å²) < 4.78 is 10.3. The van der Waals surface area contributed by atoms with Crippen molar-refractivity contribution in [2.45, 2.75) is 6.10 Å². The second kappa shape index (κ2) is 5.90. The number of aliphatic hydroxyl groups excluding tert-OH is 1. The first-order chi connectivity index (χ1) is 9.17. The lowest BCUT2D eigenvalue weighted by Gasteiger charge is -2.32. The van der Waals surface area contributed by atoms with Crippen LogP contribution in [0.1, 0.15) is 10.4 Å². The largest absolute Gasteiger partial charge is 0.504 e. The quantitative estimate of drug-likeness (QED) is 0.820. The number of aromatic hydroxyl groups is 1. The van der Waals surface area contributed by atoms with Gasteiger partial charge >= 0.3 is 0 Å². The van der Waals surface area contributed by atoms with Gasteiger partial charge in [0, 0.05) is 13.1 Å². The molecule has 0 bridgehead atoms. The molecule has 104 valence electrons. The van der Waals surface area contributed by atoms with Crippen molar-refractivity contribution in [1.29, 1.82) is 0 Å². The van der Waals surface area contributed by atoms with Gasteiger partial charge in [0.25, 0.3) is 5.91 Å². The molecule has 1 fully saturated rings. The SMILES string of the molecule is COc1cccc(C(=O)N2CCOC(CO)C2)c1O. The van der Waals surface area contributed by atoms with Crippen molar-refractivity contribution in [2.24, 2.45) is 0 Å². The number of carbonyl (C=O) groups is 1. The number of hydrogen-bond donors (Lipinski definition) is 2. The monoisotopic (exact) mass is 267 g/mol. The van der Waals surface area contributed by atoms with E-state index in [0.717, 1.165) is 0 Å². The Morgan fingerprint density at radius 3 is 3.05 bits per heavy atom. The molecule has 6 heteroatoms. The third-order valence-electron chi connectivity index (χ3n) is 3.08. The Hall–Kier alpha value is -1.79. The number of benzene rings is 1. The molecular formula is C13H17NO5. The van der Waals surface area contributed by atoms with Crippen molar-refractivity contribution in [3.05, 3.63) is 23.8 Å². The normalized spacial score (nSPS) is 19.3. The molecule has 1 aliphatic rings. The van der Waals surface area contributed by atoms with Crippen molar-refractivity contribution in [2.75, 3.05) is 33.4 Å². The Balaban J connectivity index is 2.19. The van der Waals surface area contributed by atoms with Crippen LogP contribution in [0.2, 0.25) is 0 Å². The van der Waals surface area contributed by atoms with Gasteiger partial charge in [0.05, 0.1) is 32.0 Å². The maximum Gasteiger partial charge on any atom is 0.257 e. The molecule has 0 saturated carbocycles. The summed E-state index contributed by atoms with van der Waals surface area (Å²) >= 11 is 0. The van der Waals surface area contributed by atoms with E-state index in [1.54, 1.807) is 23.1 Å². The highest BCUT2D eigenvalue weighted by Crippen LogP contribution is 2.30. The van der Waals surface area contributed by atoms with Gasteiger partial charge in [-0.05, 0) is 12.1 Å². The third kappa shape index (κ3) is 2.80. The molecule has 1 aromatic carbocycles. The third-order valence-corrected chi connectivity index (χ3v) is 3.08. The summed E-state index contributed by atoms with van der Waals surface area (Å²) in [7, 11) is 1.43. The number of methoxy groups -OCH3 is 1. The van der Waals surface area contributed by atoms with Crippen molar-refractivity contribution < 1.29 is 24.5 Å². The summed E-state index contributed by atoms with van der Waals surface area (Å²) in [6.07, 6.45) is -0.370. The fourth-order valence-electron chi connectivity index (χ4n) is 2.04. The highest BCUT2D eigenvalue weighted by atomic mass is 16.5. The van der Waals surface area contributed by atoms with Crippen LogP contribution < -0.4 is 4.74 Å². The van der Waals surface area contributed by atoms with E-state index < -0.39 is 0 Å². The first kappa shape index (κ1) is 13.6. The first-order valence-corrected chi connectivity index (χ1v) is 6.05. The van der Waals surface area contributed by atoms with E-state index in [9.17, 15) is 9.90 Å². The van der Waals surface area contributed by atoms with Gasteiger partial charge in [-0.1, -0.05) is 6.07 Å². The van der Waals surface area contributed by atoms with Gasteiger partial charge in [0.15, 0.2) is 11.5 Å². The lowest BCUT2D eigenvalue weighted by molar-refractivity contribution is -0.0447. The molecule has 0 aliphatic carbocycles. The van der Waals surface area contributed by atoms with E-state index in [0.29, 0.717) is 19.7 Å².